The number of aromatic nitrogens is 2. The van der Waals surface area contributed by atoms with Gasteiger partial charge in [0.1, 0.15) is 0 Å². The Balaban J connectivity index is 2.34. The van der Waals surface area contributed by atoms with Crippen molar-refractivity contribution in [1.82, 2.24) is 9.97 Å². The summed E-state index contributed by atoms with van der Waals surface area (Å²) in [6.07, 6.45) is 1.71. The van der Waals surface area contributed by atoms with E-state index in [2.05, 4.69) is 9.97 Å². The van der Waals surface area contributed by atoms with Crippen LogP contribution < -0.4 is 0 Å². The van der Waals surface area contributed by atoms with Gasteiger partial charge in [0.15, 0.2) is 0 Å². The van der Waals surface area contributed by atoms with Gasteiger partial charge >= 0.3 is 5.97 Å². The van der Waals surface area contributed by atoms with Crippen LogP contribution in [0.2, 0.25) is 0 Å². The van der Waals surface area contributed by atoms with E-state index in [-0.39, 0.29) is 5.97 Å². The molecule has 0 aliphatic carbocycles. The van der Waals surface area contributed by atoms with Crippen LogP contribution in [0, 0.1) is 6.92 Å². The highest BCUT2D eigenvalue weighted by molar-refractivity contribution is 5.90. The number of aryl methyl sites for hydroxylation is 1. The highest BCUT2D eigenvalue weighted by Gasteiger charge is 2.12. The first-order valence-electron chi connectivity index (χ1n) is 5.78. The first kappa shape index (κ1) is 12.2. The van der Waals surface area contributed by atoms with Gasteiger partial charge in [0, 0.05) is 6.20 Å². The van der Waals surface area contributed by atoms with Crippen molar-refractivity contribution in [3.05, 3.63) is 47.8 Å². The highest BCUT2D eigenvalue weighted by Crippen LogP contribution is 2.16. The molecule has 2 heterocycles. The number of rotatable bonds is 3. The summed E-state index contributed by atoms with van der Waals surface area (Å²) < 4.78 is 4.96. The standard InChI is InChI=1S/C14H14N2O2/c1-3-18-14(17)11-7-8-13(16-10(11)2)12-6-4-5-9-15-12/h4-9H,3H2,1-2H3. The normalized spacial score (nSPS) is 10.1. The maximum Gasteiger partial charge on any atom is 0.339 e. The molecule has 0 amide bonds. The molecule has 2 aromatic rings. The Morgan fingerprint density at radius 3 is 2.67 bits per heavy atom. The fraction of sp³-hybridized carbons (Fsp3) is 0.214. The van der Waals surface area contributed by atoms with Gasteiger partial charge in [-0.05, 0) is 38.1 Å². The van der Waals surface area contributed by atoms with Crippen molar-refractivity contribution < 1.29 is 9.53 Å². The van der Waals surface area contributed by atoms with Crippen molar-refractivity contribution in [2.24, 2.45) is 0 Å². The second kappa shape index (κ2) is 5.40. The molecule has 0 bridgehead atoms. The van der Waals surface area contributed by atoms with Crippen LogP contribution in [-0.4, -0.2) is 22.5 Å². The van der Waals surface area contributed by atoms with Crippen molar-refractivity contribution in [2.75, 3.05) is 6.61 Å². The number of esters is 1. The second-order valence-electron chi connectivity index (χ2n) is 3.76. The zero-order valence-corrected chi connectivity index (χ0v) is 10.4. The number of carbonyl (C=O) groups is 1. The molecule has 0 radical (unpaired) electrons. The molecule has 0 aliphatic rings. The fourth-order valence-electron chi connectivity index (χ4n) is 1.64. The topological polar surface area (TPSA) is 52.1 Å². The highest BCUT2D eigenvalue weighted by atomic mass is 16.5. The predicted octanol–water partition coefficient (Wildman–Crippen LogP) is 2.63. The van der Waals surface area contributed by atoms with E-state index in [0.29, 0.717) is 17.9 Å². The lowest BCUT2D eigenvalue weighted by molar-refractivity contribution is 0.0525. The largest absolute Gasteiger partial charge is 0.462 e. The fourth-order valence-corrected chi connectivity index (χ4v) is 1.64. The summed E-state index contributed by atoms with van der Waals surface area (Å²) >= 11 is 0. The average Bonchev–Trinajstić information content (AvgIpc) is 2.40. The summed E-state index contributed by atoms with van der Waals surface area (Å²) in [6, 6.07) is 9.14. The van der Waals surface area contributed by atoms with Gasteiger partial charge in [-0.1, -0.05) is 6.07 Å². The molecule has 0 saturated carbocycles. The summed E-state index contributed by atoms with van der Waals surface area (Å²) in [7, 11) is 0. The molecule has 0 fully saturated rings. The molecule has 92 valence electrons. The summed E-state index contributed by atoms with van der Waals surface area (Å²) in [5.74, 6) is -0.338. The first-order chi connectivity index (χ1) is 8.72. The molecule has 0 aromatic carbocycles. The predicted molar refractivity (Wildman–Crippen MR) is 68.2 cm³/mol. The van der Waals surface area contributed by atoms with E-state index in [1.54, 1.807) is 32.2 Å². The molecular formula is C14H14N2O2. The lowest BCUT2D eigenvalue weighted by Crippen LogP contribution is -2.08. The number of ether oxygens (including phenoxy) is 1. The van der Waals surface area contributed by atoms with Crippen LogP contribution in [0.4, 0.5) is 0 Å². The molecule has 0 saturated heterocycles. The summed E-state index contributed by atoms with van der Waals surface area (Å²) in [6.45, 7) is 3.93. The smallest absolute Gasteiger partial charge is 0.339 e. The van der Waals surface area contributed by atoms with E-state index in [4.69, 9.17) is 4.74 Å². The van der Waals surface area contributed by atoms with E-state index < -0.39 is 0 Å². The van der Waals surface area contributed by atoms with Crippen LogP contribution >= 0.6 is 0 Å². The molecule has 0 unspecified atom stereocenters. The van der Waals surface area contributed by atoms with E-state index >= 15 is 0 Å². The van der Waals surface area contributed by atoms with Crippen molar-refractivity contribution in [2.45, 2.75) is 13.8 Å². The molecule has 4 nitrogen and oxygen atoms in total. The van der Waals surface area contributed by atoms with Crippen LogP contribution in [0.1, 0.15) is 23.0 Å². The minimum absolute atomic E-state index is 0.338. The van der Waals surface area contributed by atoms with E-state index in [9.17, 15) is 4.79 Å². The van der Waals surface area contributed by atoms with Crippen molar-refractivity contribution in [1.29, 1.82) is 0 Å². The monoisotopic (exact) mass is 242 g/mol. The third-order valence-electron chi connectivity index (χ3n) is 2.51. The maximum absolute atomic E-state index is 11.6. The molecular weight excluding hydrogens is 228 g/mol. The second-order valence-corrected chi connectivity index (χ2v) is 3.76. The Labute approximate surface area is 106 Å². The van der Waals surface area contributed by atoms with Crippen LogP contribution in [0.5, 0.6) is 0 Å². The summed E-state index contributed by atoms with van der Waals surface area (Å²) in [5.41, 5.74) is 2.69. The van der Waals surface area contributed by atoms with Gasteiger partial charge in [-0.15, -0.1) is 0 Å². The van der Waals surface area contributed by atoms with Gasteiger partial charge in [-0.2, -0.15) is 0 Å². The molecule has 0 N–H and O–H groups in total. The van der Waals surface area contributed by atoms with Crippen LogP contribution in [0.15, 0.2) is 36.5 Å². The Bertz CT molecular complexity index is 553. The summed E-state index contributed by atoms with van der Waals surface area (Å²) in [5, 5.41) is 0. The third-order valence-corrected chi connectivity index (χ3v) is 2.51. The van der Waals surface area contributed by atoms with Gasteiger partial charge < -0.3 is 4.74 Å². The molecule has 2 rings (SSSR count). The lowest BCUT2D eigenvalue weighted by atomic mass is 10.1. The van der Waals surface area contributed by atoms with E-state index in [1.807, 2.05) is 18.2 Å². The number of pyridine rings is 2. The molecule has 0 atom stereocenters. The van der Waals surface area contributed by atoms with Gasteiger partial charge in [-0.25, -0.2) is 4.79 Å². The Morgan fingerprint density at radius 1 is 1.22 bits per heavy atom. The number of hydrogen-bond acceptors (Lipinski definition) is 4. The van der Waals surface area contributed by atoms with Gasteiger partial charge in [0.05, 0.1) is 29.3 Å². The Hall–Kier alpha value is -2.23. The molecule has 2 aromatic heterocycles. The van der Waals surface area contributed by atoms with Crippen LogP contribution in [0.3, 0.4) is 0 Å². The molecule has 18 heavy (non-hydrogen) atoms. The zero-order chi connectivity index (χ0) is 13.0. The Kier molecular flexibility index (Phi) is 3.67. The third kappa shape index (κ3) is 2.53. The van der Waals surface area contributed by atoms with Crippen molar-refractivity contribution in [3.63, 3.8) is 0 Å². The van der Waals surface area contributed by atoms with Gasteiger partial charge in [-0.3, -0.25) is 9.97 Å². The SMILES string of the molecule is CCOC(=O)c1ccc(-c2ccccn2)nc1C. The quantitative estimate of drug-likeness (QED) is 0.776. The van der Waals surface area contributed by atoms with E-state index in [0.717, 1.165) is 11.4 Å². The number of carbonyl (C=O) groups excluding carboxylic acids is 1. The minimum Gasteiger partial charge on any atom is -0.462 e. The molecule has 0 aliphatic heterocycles. The first-order valence-corrected chi connectivity index (χ1v) is 5.78. The number of nitrogens with zero attached hydrogens (tertiary/aromatic N) is 2. The zero-order valence-electron chi connectivity index (χ0n) is 10.4. The molecule has 0 spiro atoms. The van der Waals surface area contributed by atoms with Crippen LogP contribution in [0.25, 0.3) is 11.4 Å². The maximum atomic E-state index is 11.6. The minimum atomic E-state index is -0.338. The number of hydrogen-bond donors (Lipinski definition) is 0. The van der Waals surface area contributed by atoms with Crippen molar-refractivity contribution >= 4 is 5.97 Å². The van der Waals surface area contributed by atoms with Crippen molar-refractivity contribution in [3.8, 4) is 11.4 Å². The van der Waals surface area contributed by atoms with Crippen LogP contribution in [-0.2, 0) is 4.74 Å². The lowest BCUT2D eigenvalue weighted by Gasteiger charge is -2.06. The summed E-state index contributed by atoms with van der Waals surface area (Å²) in [4.78, 5) is 20.2. The van der Waals surface area contributed by atoms with E-state index in [1.165, 1.54) is 0 Å². The Morgan fingerprint density at radius 2 is 2.06 bits per heavy atom. The molecule has 4 heteroatoms. The van der Waals surface area contributed by atoms with Gasteiger partial charge in [0.25, 0.3) is 0 Å². The average molecular weight is 242 g/mol. The van der Waals surface area contributed by atoms with Gasteiger partial charge in [0.2, 0.25) is 0 Å².